The van der Waals surface area contributed by atoms with Crippen LogP contribution in [-0.4, -0.2) is 37.4 Å². The van der Waals surface area contributed by atoms with Crippen LogP contribution in [0, 0.1) is 10.1 Å². The van der Waals surface area contributed by atoms with Crippen molar-refractivity contribution in [2.45, 2.75) is 30.9 Å². The molecule has 0 saturated carbocycles. The fourth-order valence-electron chi connectivity index (χ4n) is 2.25. The molecule has 31 heavy (non-hydrogen) atoms. The quantitative estimate of drug-likeness (QED) is 0.329. The lowest BCUT2D eigenvalue weighted by molar-refractivity contribution is -0.384. The highest BCUT2D eigenvalue weighted by Gasteiger charge is 2.27. The summed E-state index contributed by atoms with van der Waals surface area (Å²) < 4.78 is 31.8. The van der Waals surface area contributed by atoms with Gasteiger partial charge in [0.05, 0.1) is 20.5 Å². The molecule has 2 aromatic rings. The molecule has 0 heterocycles. The van der Waals surface area contributed by atoms with E-state index in [0.717, 1.165) is 12.1 Å². The highest BCUT2D eigenvalue weighted by Crippen LogP contribution is 2.26. The predicted octanol–water partition coefficient (Wildman–Crippen LogP) is 3.14. The molecule has 2 aromatic carbocycles. The summed E-state index contributed by atoms with van der Waals surface area (Å²) in [5.41, 5.74) is -0.180. The van der Waals surface area contributed by atoms with Crippen LogP contribution in [0.15, 0.2) is 47.4 Å². The second-order valence-electron chi connectivity index (χ2n) is 6.29. The molecule has 0 saturated heterocycles. The number of amides is 1. The molecular formula is C18H17Cl2N3O7S. The van der Waals surface area contributed by atoms with Gasteiger partial charge in [-0.25, -0.2) is 8.42 Å². The van der Waals surface area contributed by atoms with E-state index in [9.17, 15) is 28.1 Å². The number of nitrogens with zero attached hydrogens (tertiary/aromatic N) is 1. The molecule has 10 nitrogen and oxygen atoms in total. The summed E-state index contributed by atoms with van der Waals surface area (Å²) in [6, 6.07) is 7.45. The largest absolute Gasteiger partial charge is 0.451 e. The van der Waals surface area contributed by atoms with E-state index in [2.05, 4.69) is 10.0 Å². The van der Waals surface area contributed by atoms with Gasteiger partial charge in [0.15, 0.2) is 6.10 Å². The second kappa shape index (κ2) is 10.1. The van der Waals surface area contributed by atoms with E-state index in [1.807, 2.05) is 0 Å². The Kier molecular flexibility index (Phi) is 7.96. The van der Waals surface area contributed by atoms with Gasteiger partial charge in [0.1, 0.15) is 6.04 Å². The van der Waals surface area contributed by atoms with Crippen LogP contribution in [0.4, 0.5) is 11.4 Å². The molecule has 1 unspecified atom stereocenters. The molecule has 166 valence electrons. The van der Waals surface area contributed by atoms with Crippen LogP contribution in [-0.2, 0) is 24.3 Å². The van der Waals surface area contributed by atoms with E-state index < -0.39 is 39.0 Å². The third-order valence-electron chi connectivity index (χ3n) is 3.89. The van der Waals surface area contributed by atoms with Crippen LogP contribution in [0.1, 0.15) is 13.8 Å². The van der Waals surface area contributed by atoms with Crippen LogP contribution < -0.4 is 10.0 Å². The number of ether oxygens (including phenoxy) is 1. The highest BCUT2D eigenvalue weighted by molar-refractivity contribution is 7.89. The van der Waals surface area contributed by atoms with Crippen molar-refractivity contribution >= 4 is 56.5 Å². The molecule has 1 amide bonds. The Labute approximate surface area is 187 Å². The van der Waals surface area contributed by atoms with Crippen molar-refractivity contribution in [3.63, 3.8) is 0 Å². The molecule has 13 heteroatoms. The highest BCUT2D eigenvalue weighted by atomic mass is 35.5. The Balaban J connectivity index is 1.98. The smallest absolute Gasteiger partial charge is 0.324 e. The van der Waals surface area contributed by atoms with Crippen molar-refractivity contribution in [1.29, 1.82) is 0 Å². The number of benzene rings is 2. The van der Waals surface area contributed by atoms with E-state index in [1.54, 1.807) is 0 Å². The number of anilines is 1. The summed E-state index contributed by atoms with van der Waals surface area (Å²) in [6.45, 7) is 2.53. The van der Waals surface area contributed by atoms with Crippen molar-refractivity contribution in [2.24, 2.45) is 0 Å². The maximum absolute atomic E-state index is 12.3. The zero-order valence-corrected chi connectivity index (χ0v) is 18.5. The van der Waals surface area contributed by atoms with Crippen molar-refractivity contribution in [1.82, 2.24) is 4.72 Å². The minimum atomic E-state index is -4.03. The number of nitro groups is 1. The Morgan fingerprint density at radius 1 is 1.10 bits per heavy atom. The molecule has 2 atom stereocenters. The van der Waals surface area contributed by atoms with E-state index in [1.165, 1.54) is 44.2 Å². The van der Waals surface area contributed by atoms with Crippen LogP contribution in [0.5, 0.6) is 0 Å². The first-order valence-electron chi connectivity index (χ1n) is 8.64. The van der Waals surface area contributed by atoms with Gasteiger partial charge in [0.25, 0.3) is 11.6 Å². The summed E-state index contributed by atoms with van der Waals surface area (Å²) >= 11 is 11.6. The number of hydrogen-bond donors (Lipinski definition) is 2. The number of sulfonamides is 1. The molecular weight excluding hydrogens is 473 g/mol. The van der Waals surface area contributed by atoms with Crippen LogP contribution in [0.3, 0.4) is 0 Å². The molecule has 2 rings (SSSR count). The molecule has 0 spiro atoms. The Morgan fingerprint density at radius 2 is 1.71 bits per heavy atom. The number of carbonyl (C=O) groups excluding carboxylic acids is 2. The minimum absolute atomic E-state index is 0.0785. The fourth-order valence-corrected chi connectivity index (χ4v) is 3.79. The van der Waals surface area contributed by atoms with Crippen molar-refractivity contribution in [3.8, 4) is 0 Å². The standard InChI is InChI=1S/C18H17Cl2N3O7S/c1-10(22-31(28,29)14-6-3-12(19)4-7-14)18(25)30-11(2)17(24)21-16-8-5-13(23(26)27)9-15(16)20/h3-11,22H,1-2H3,(H,21,24)/t10-,11?/m0/s1. The Bertz CT molecular complexity index is 1110. The molecule has 2 N–H and O–H groups in total. The zero-order chi connectivity index (χ0) is 23.3. The third kappa shape index (κ3) is 6.62. The van der Waals surface area contributed by atoms with Crippen LogP contribution in [0.2, 0.25) is 10.0 Å². The molecule has 0 radical (unpaired) electrons. The zero-order valence-electron chi connectivity index (χ0n) is 16.2. The minimum Gasteiger partial charge on any atom is -0.451 e. The number of hydrogen-bond acceptors (Lipinski definition) is 7. The number of rotatable bonds is 8. The van der Waals surface area contributed by atoms with Crippen LogP contribution >= 0.6 is 23.2 Å². The van der Waals surface area contributed by atoms with Gasteiger partial charge in [0.2, 0.25) is 10.0 Å². The van der Waals surface area contributed by atoms with E-state index in [4.69, 9.17) is 27.9 Å². The fraction of sp³-hybridized carbons (Fsp3) is 0.222. The molecule has 0 aliphatic carbocycles. The first kappa shape index (κ1) is 24.5. The first-order chi connectivity index (χ1) is 14.4. The normalized spacial score (nSPS) is 13.2. The number of esters is 1. The number of carbonyl (C=O) groups is 2. The second-order valence-corrected chi connectivity index (χ2v) is 8.84. The van der Waals surface area contributed by atoms with Gasteiger partial charge < -0.3 is 10.1 Å². The van der Waals surface area contributed by atoms with Crippen LogP contribution in [0.25, 0.3) is 0 Å². The van der Waals surface area contributed by atoms with Crippen molar-refractivity contribution in [2.75, 3.05) is 5.32 Å². The summed E-state index contributed by atoms with van der Waals surface area (Å²) in [6.07, 6.45) is -1.30. The Hall–Kier alpha value is -2.73. The lowest BCUT2D eigenvalue weighted by atomic mass is 10.2. The van der Waals surface area contributed by atoms with Gasteiger partial charge in [-0.3, -0.25) is 19.7 Å². The molecule has 0 aliphatic heterocycles. The van der Waals surface area contributed by atoms with E-state index in [0.29, 0.717) is 5.02 Å². The average molecular weight is 490 g/mol. The number of halogens is 2. The molecule has 0 fully saturated rings. The lowest BCUT2D eigenvalue weighted by Gasteiger charge is -2.18. The molecule has 0 aliphatic rings. The summed E-state index contributed by atoms with van der Waals surface area (Å²) in [4.78, 5) is 34.4. The van der Waals surface area contributed by atoms with Gasteiger partial charge in [-0.05, 0) is 44.2 Å². The van der Waals surface area contributed by atoms with Crippen molar-refractivity contribution in [3.05, 3.63) is 62.6 Å². The number of nitro benzene ring substituents is 1. The van der Waals surface area contributed by atoms with Gasteiger partial charge in [-0.2, -0.15) is 4.72 Å². The average Bonchev–Trinajstić information content (AvgIpc) is 2.69. The number of nitrogens with one attached hydrogen (secondary N) is 2. The van der Waals surface area contributed by atoms with Gasteiger partial charge in [-0.1, -0.05) is 23.2 Å². The topological polar surface area (TPSA) is 145 Å². The summed E-state index contributed by atoms with van der Waals surface area (Å²) in [5, 5.41) is 13.4. The van der Waals surface area contributed by atoms with Gasteiger partial charge >= 0.3 is 5.97 Å². The molecule has 0 aromatic heterocycles. The predicted molar refractivity (Wildman–Crippen MR) is 114 cm³/mol. The van der Waals surface area contributed by atoms with Gasteiger partial charge in [-0.15, -0.1) is 0 Å². The van der Waals surface area contributed by atoms with Crippen molar-refractivity contribution < 1.29 is 27.7 Å². The van der Waals surface area contributed by atoms with E-state index in [-0.39, 0.29) is 21.3 Å². The SMILES string of the molecule is CC(OC(=O)[C@H](C)NS(=O)(=O)c1ccc(Cl)cc1)C(=O)Nc1ccc([N+](=O)[O-])cc1Cl. The Morgan fingerprint density at radius 3 is 2.26 bits per heavy atom. The summed E-state index contributed by atoms with van der Waals surface area (Å²) in [5.74, 6) is -1.76. The third-order valence-corrected chi connectivity index (χ3v) is 6.01. The van der Waals surface area contributed by atoms with Gasteiger partial charge in [0, 0.05) is 17.2 Å². The lowest BCUT2D eigenvalue weighted by Crippen LogP contribution is -2.42. The monoisotopic (exact) mass is 489 g/mol. The number of non-ortho nitro benzene ring substituents is 1. The summed E-state index contributed by atoms with van der Waals surface area (Å²) in [7, 11) is -4.03. The van der Waals surface area contributed by atoms with E-state index >= 15 is 0 Å². The maximum atomic E-state index is 12.3. The first-order valence-corrected chi connectivity index (χ1v) is 10.9. The molecule has 0 bridgehead atoms. The maximum Gasteiger partial charge on any atom is 0.324 e.